The van der Waals surface area contributed by atoms with E-state index in [2.05, 4.69) is 10.3 Å². The molecule has 3 aromatic rings. The number of furan rings is 1. The molecule has 1 fully saturated rings. The predicted molar refractivity (Wildman–Crippen MR) is 102 cm³/mol. The van der Waals surface area contributed by atoms with Crippen LogP contribution in [0.2, 0.25) is 0 Å². The molecule has 0 saturated carbocycles. The summed E-state index contributed by atoms with van der Waals surface area (Å²) >= 11 is 5.39. The summed E-state index contributed by atoms with van der Waals surface area (Å²) < 4.78 is 10.8. The van der Waals surface area contributed by atoms with Crippen LogP contribution in [-0.4, -0.2) is 47.2 Å². The van der Waals surface area contributed by atoms with Crippen LogP contribution < -0.4 is 5.32 Å². The maximum Gasteiger partial charge on any atom is 0.258 e. The molecule has 0 radical (unpaired) electrons. The zero-order valence-electron chi connectivity index (χ0n) is 14.0. The molecule has 3 heterocycles. The number of benzene rings is 1. The first-order valence-electron chi connectivity index (χ1n) is 8.34. The van der Waals surface area contributed by atoms with Crippen molar-refractivity contribution in [2.45, 2.75) is 0 Å². The maximum atomic E-state index is 12.9. The lowest BCUT2D eigenvalue weighted by atomic mass is 10.1. The number of carbonyl (C=O) groups excluding carboxylic acids is 1. The summed E-state index contributed by atoms with van der Waals surface area (Å²) in [5.41, 5.74) is 1.84. The number of thiocarbonyl (C=S) groups is 1. The Labute approximate surface area is 155 Å². The molecule has 1 aliphatic heterocycles. The normalized spacial score (nSPS) is 14.4. The van der Waals surface area contributed by atoms with Crippen molar-refractivity contribution in [2.75, 3.05) is 26.3 Å². The number of morpholine rings is 1. The van der Waals surface area contributed by atoms with Gasteiger partial charge in [0, 0.05) is 18.5 Å². The second-order valence-corrected chi connectivity index (χ2v) is 6.29. The highest BCUT2D eigenvalue weighted by Crippen LogP contribution is 2.25. The van der Waals surface area contributed by atoms with Crippen LogP contribution in [0.3, 0.4) is 0 Å². The van der Waals surface area contributed by atoms with E-state index in [1.54, 1.807) is 18.4 Å². The third-order valence-corrected chi connectivity index (χ3v) is 4.61. The zero-order chi connectivity index (χ0) is 17.9. The van der Waals surface area contributed by atoms with E-state index < -0.39 is 0 Å². The number of rotatable bonds is 2. The molecular formula is C19H17N3O3S. The third kappa shape index (κ3) is 3.31. The van der Waals surface area contributed by atoms with Crippen molar-refractivity contribution in [3.05, 3.63) is 54.3 Å². The van der Waals surface area contributed by atoms with Gasteiger partial charge >= 0.3 is 0 Å². The van der Waals surface area contributed by atoms with E-state index in [9.17, 15) is 4.79 Å². The number of aromatic nitrogens is 1. The van der Waals surface area contributed by atoms with Gasteiger partial charge in [-0.05, 0) is 36.5 Å². The van der Waals surface area contributed by atoms with Gasteiger partial charge in [0.25, 0.3) is 5.91 Å². The summed E-state index contributed by atoms with van der Waals surface area (Å²) in [7, 11) is 0. The van der Waals surface area contributed by atoms with Crippen LogP contribution in [0.5, 0.6) is 0 Å². The van der Waals surface area contributed by atoms with Crippen molar-refractivity contribution < 1.29 is 13.9 Å². The van der Waals surface area contributed by atoms with Gasteiger partial charge in [0.15, 0.2) is 10.9 Å². The molecule has 6 nitrogen and oxygen atoms in total. The fourth-order valence-corrected chi connectivity index (χ4v) is 3.20. The largest absolute Gasteiger partial charge is 0.463 e. The molecule has 1 aromatic carbocycles. The molecule has 0 bridgehead atoms. The zero-order valence-corrected chi connectivity index (χ0v) is 14.8. The molecule has 1 aliphatic rings. The number of pyridine rings is 1. The van der Waals surface area contributed by atoms with Crippen molar-refractivity contribution in [3.63, 3.8) is 0 Å². The number of amides is 1. The number of fused-ring (bicyclic) bond motifs is 1. The van der Waals surface area contributed by atoms with Gasteiger partial charge in [0.05, 0.1) is 30.6 Å². The van der Waals surface area contributed by atoms with Crippen LogP contribution in [0, 0.1) is 0 Å². The van der Waals surface area contributed by atoms with Crippen LogP contribution in [0.4, 0.5) is 0 Å². The topological polar surface area (TPSA) is 67.6 Å². The Morgan fingerprint density at radius 3 is 2.73 bits per heavy atom. The molecule has 1 N–H and O–H groups in total. The van der Waals surface area contributed by atoms with Crippen LogP contribution in [0.15, 0.2) is 53.1 Å². The number of hydrogen-bond acceptors (Lipinski definition) is 5. The standard InChI is InChI=1S/C19H17N3O3S/c23-18(21-19(26)22-7-10-24-11-8-22)14-12-16(17-6-3-9-25-17)20-15-5-2-1-4-13(14)15/h1-6,9,12H,7-8,10-11H2,(H,21,23,26). The van der Waals surface area contributed by atoms with Crippen molar-refractivity contribution >= 4 is 34.1 Å². The molecular weight excluding hydrogens is 350 g/mol. The van der Waals surface area contributed by atoms with Gasteiger partial charge in [-0.1, -0.05) is 18.2 Å². The molecule has 0 aliphatic carbocycles. The molecule has 1 saturated heterocycles. The highest BCUT2D eigenvalue weighted by molar-refractivity contribution is 7.80. The van der Waals surface area contributed by atoms with E-state index in [0.717, 1.165) is 10.9 Å². The minimum atomic E-state index is -0.257. The Kier molecular flexibility index (Phi) is 4.64. The Hall–Kier alpha value is -2.77. The second kappa shape index (κ2) is 7.23. The van der Waals surface area contributed by atoms with Crippen molar-refractivity contribution in [1.29, 1.82) is 0 Å². The summed E-state index contributed by atoms with van der Waals surface area (Å²) in [6, 6.07) is 12.9. The fourth-order valence-electron chi connectivity index (χ4n) is 2.92. The van der Waals surface area contributed by atoms with Gasteiger partial charge in [0.1, 0.15) is 5.69 Å². The third-order valence-electron chi connectivity index (χ3n) is 4.25. The van der Waals surface area contributed by atoms with Crippen molar-refractivity contribution in [1.82, 2.24) is 15.2 Å². The van der Waals surface area contributed by atoms with Gasteiger partial charge < -0.3 is 14.1 Å². The summed E-state index contributed by atoms with van der Waals surface area (Å²) in [6.45, 7) is 2.56. The van der Waals surface area contributed by atoms with E-state index in [0.29, 0.717) is 48.4 Å². The van der Waals surface area contributed by atoms with Crippen LogP contribution >= 0.6 is 12.2 Å². The lowest BCUT2D eigenvalue weighted by molar-refractivity contribution is 0.0669. The smallest absolute Gasteiger partial charge is 0.258 e. The number of carbonyl (C=O) groups is 1. The molecule has 0 spiro atoms. The monoisotopic (exact) mass is 367 g/mol. The molecule has 1 amide bonds. The average Bonchev–Trinajstić information content (AvgIpc) is 3.22. The summed E-state index contributed by atoms with van der Waals surface area (Å²) in [5.74, 6) is 0.355. The highest BCUT2D eigenvalue weighted by Gasteiger charge is 2.19. The molecule has 7 heteroatoms. The molecule has 0 atom stereocenters. The Morgan fingerprint density at radius 2 is 1.96 bits per heavy atom. The molecule has 2 aromatic heterocycles. The number of hydrogen-bond donors (Lipinski definition) is 1. The summed E-state index contributed by atoms with van der Waals surface area (Å²) in [5, 5.41) is 4.02. The van der Waals surface area contributed by atoms with Crippen LogP contribution in [0.1, 0.15) is 10.4 Å². The van der Waals surface area contributed by atoms with E-state index >= 15 is 0 Å². The van der Waals surface area contributed by atoms with E-state index in [4.69, 9.17) is 21.4 Å². The van der Waals surface area contributed by atoms with Gasteiger partial charge in [-0.3, -0.25) is 10.1 Å². The number of nitrogens with one attached hydrogen (secondary N) is 1. The minimum absolute atomic E-state index is 0.257. The molecule has 26 heavy (non-hydrogen) atoms. The average molecular weight is 367 g/mol. The molecule has 4 rings (SSSR count). The summed E-state index contributed by atoms with van der Waals surface area (Å²) in [4.78, 5) is 19.5. The van der Waals surface area contributed by atoms with Gasteiger partial charge in [-0.2, -0.15) is 0 Å². The van der Waals surface area contributed by atoms with Gasteiger partial charge in [-0.25, -0.2) is 4.98 Å². The number of ether oxygens (including phenoxy) is 1. The lowest BCUT2D eigenvalue weighted by Crippen LogP contribution is -2.47. The Morgan fingerprint density at radius 1 is 1.15 bits per heavy atom. The van der Waals surface area contributed by atoms with Crippen LogP contribution in [-0.2, 0) is 4.74 Å². The van der Waals surface area contributed by atoms with E-state index in [1.165, 1.54) is 0 Å². The number of para-hydroxylation sites is 1. The lowest BCUT2D eigenvalue weighted by Gasteiger charge is -2.29. The second-order valence-electron chi connectivity index (χ2n) is 5.91. The molecule has 0 unspecified atom stereocenters. The maximum absolute atomic E-state index is 12.9. The quantitative estimate of drug-likeness (QED) is 0.703. The van der Waals surface area contributed by atoms with E-state index in [-0.39, 0.29) is 5.91 Å². The first-order valence-corrected chi connectivity index (χ1v) is 8.75. The minimum Gasteiger partial charge on any atom is -0.463 e. The van der Waals surface area contributed by atoms with Gasteiger partial charge in [0.2, 0.25) is 0 Å². The van der Waals surface area contributed by atoms with Crippen LogP contribution in [0.25, 0.3) is 22.4 Å². The highest BCUT2D eigenvalue weighted by atomic mass is 32.1. The SMILES string of the molecule is O=C(NC(=S)N1CCOCC1)c1cc(-c2ccco2)nc2ccccc12. The van der Waals surface area contributed by atoms with Crippen molar-refractivity contribution in [3.8, 4) is 11.5 Å². The molecule has 132 valence electrons. The van der Waals surface area contributed by atoms with Gasteiger partial charge in [-0.15, -0.1) is 0 Å². The predicted octanol–water partition coefficient (Wildman–Crippen LogP) is 2.84. The van der Waals surface area contributed by atoms with E-state index in [1.807, 2.05) is 35.2 Å². The summed E-state index contributed by atoms with van der Waals surface area (Å²) in [6.07, 6.45) is 1.58. The Bertz CT molecular complexity index is 950. The Balaban J connectivity index is 1.68. The first kappa shape index (κ1) is 16.7. The number of nitrogens with zero attached hydrogens (tertiary/aromatic N) is 2. The van der Waals surface area contributed by atoms with Crippen molar-refractivity contribution in [2.24, 2.45) is 0 Å². The fraction of sp³-hybridized carbons (Fsp3) is 0.211. The first-order chi connectivity index (χ1) is 12.7.